The number of halogens is 3. The van der Waals surface area contributed by atoms with Gasteiger partial charge < -0.3 is 18.9 Å². The molecular weight excluding hydrogens is 531 g/mol. The first-order chi connectivity index (χ1) is 18.9. The highest BCUT2D eigenvalue weighted by atomic mass is 32.1. The Hall–Kier alpha value is -3.59. The summed E-state index contributed by atoms with van der Waals surface area (Å²) in [6, 6.07) is 12.8. The number of nitriles is 1. The van der Waals surface area contributed by atoms with E-state index in [1.807, 2.05) is 12.1 Å². The van der Waals surface area contributed by atoms with Crippen molar-refractivity contribution in [2.45, 2.75) is 18.7 Å². The van der Waals surface area contributed by atoms with Crippen molar-refractivity contribution in [1.29, 1.82) is 5.26 Å². The molecule has 2 aliphatic heterocycles. The maximum absolute atomic E-state index is 13.4. The number of hydrogen-bond acceptors (Lipinski definition) is 8. The summed E-state index contributed by atoms with van der Waals surface area (Å²) < 4.78 is 62.8. The predicted molar refractivity (Wildman–Crippen MR) is 141 cm³/mol. The minimum absolute atomic E-state index is 0.000278. The van der Waals surface area contributed by atoms with Crippen LogP contribution in [0.3, 0.4) is 0 Å². The average Bonchev–Trinajstić information content (AvgIpc) is 3.55. The molecule has 7 nitrogen and oxygen atoms in total. The third-order valence-corrected chi connectivity index (χ3v) is 7.71. The van der Waals surface area contributed by atoms with Crippen LogP contribution in [0.1, 0.15) is 32.4 Å². The molecular formula is C28H26F3N3O4S. The molecule has 11 heteroatoms. The lowest BCUT2D eigenvalue weighted by Gasteiger charge is -2.26. The fourth-order valence-electron chi connectivity index (χ4n) is 4.58. The van der Waals surface area contributed by atoms with Gasteiger partial charge in [0.25, 0.3) is 0 Å². The lowest BCUT2D eigenvalue weighted by atomic mass is 9.99. The Kier molecular flexibility index (Phi) is 8.07. The predicted octanol–water partition coefficient (Wildman–Crippen LogP) is 5.78. The van der Waals surface area contributed by atoms with E-state index in [-0.39, 0.29) is 28.7 Å². The first-order valence-corrected chi connectivity index (χ1v) is 13.2. The van der Waals surface area contributed by atoms with E-state index in [1.54, 1.807) is 19.4 Å². The largest absolute Gasteiger partial charge is 0.493 e. The summed E-state index contributed by atoms with van der Waals surface area (Å²) in [5.74, 6) is 1.15. The highest BCUT2D eigenvalue weighted by Crippen LogP contribution is 2.46. The first-order valence-electron chi connectivity index (χ1n) is 12.4. The number of morpholine rings is 1. The van der Waals surface area contributed by atoms with E-state index < -0.39 is 11.7 Å². The number of aliphatic imine (C=N–C) groups is 1. The van der Waals surface area contributed by atoms with Crippen LogP contribution in [0.5, 0.6) is 17.2 Å². The summed E-state index contributed by atoms with van der Waals surface area (Å²) in [5, 5.41) is 9.67. The molecule has 204 valence electrons. The number of methoxy groups -OCH3 is 1. The molecule has 5 rings (SSSR count). The van der Waals surface area contributed by atoms with E-state index in [4.69, 9.17) is 18.9 Å². The van der Waals surface area contributed by atoms with Gasteiger partial charge in [-0.25, -0.2) is 0 Å². The van der Waals surface area contributed by atoms with E-state index >= 15 is 0 Å². The lowest BCUT2D eigenvalue weighted by Crippen LogP contribution is -2.38. The Labute approximate surface area is 228 Å². The van der Waals surface area contributed by atoms with Gasteiger partial charge in [0.2, 0.25) is 0 Å². The summed E-state index contributed by atoms with van der Waals surface area (Å²) in [6.07, 6.45) is -2.72. The van der Waals surface area contributed by atoms with E-state index in [1.165, 1.54) is 29.5 Å². The summed E-state index contributed by atoms with van der Waals surface area (Å²) in [5.41, 5.74) is 0.855. The second kappa shape index (κ2) is 11.7. The number of ether oxygens (including phenoxy) is 4. The molecule has 0 spiro atoms. The third kappa shape index (κ3) is 6.03. The number of rotatable bonds is 9. The van der Waals surface area contributed by atoms with Crippen LogP contribution in [0.2, 0.25) is 0 Å². The molecule has 1 aromatic heterocycles. The first kappa shape index (κ1) is 27.0. The van der Waals surface area contributed by atoms with Gasteiger partial charge in [-0.15, -0.1) is 11.3 Å². The normalized spacial score (nSPS) is 17.1. The van der Waals surface area contributed by atoms with Crippen LogP contribution in [-0.2, 0) is 17.5 Å². The molecule has 3 aromatic rings. The van der Waals surface area contributed by atoms with Crippen molar-refractivity contribution in [3.05, 3.63) is 68.9 Å². The smallest absolute Gasteiger partial charge is 0.416 e. The van der Waals surface area contributed by atoms with Crippen molar-refractivity contribution >= 4 is 23.2 Å². The molecule has 2 aliphatic rings. The van der Waals surface area contributed by atoms with E-state index in [2.05, 4.69) is 16.0 Å². The van der Waals surface area contributed by atoms with Crippen LogP contribution in [0.4, 0.5) is 18.9 Å². The quantitative estimate of drug-likeness (QED) is 0.332. The van der Waals surface area contributed by atoms with Crippen molar-refractivity contribution < 1.29 is 32.1 Å². The minimum atomic E-state index is -4.49. The lowest BCUT2D eigenvalue weighted by molar-refractivity contribution is -0.138. The van der Waals surface area contributed by atoms with Gasteiger partial charge in [-0.1, -0.05) is 18.2 Å². The molecule has 0 radical (unpaired) electrons. The summed E-state index contributed by atoms with van der Waals surface area (Å²) in [4.78, 5) is 7.91. The van der Waals surface area contributed by atoms with Gasteiger partial charge in [0.15, 0.2) is 11.5 Å². The molecule has 0 N–H and O–H groups in total. The van der Waals surface area contributed by atoms with Gasteiger partial charge in [-0.2, -0.15) is 18.4 Å². The van der Waals surface area contributed by atoms with Crippen LogP contribution in [0.25, 0.3) is 0 Å². The van der Waals surface area contributed by atoms with E-state index in [9.17, 15) is 18.4 Å². The molecule has 2 aromatic carbocycles. The topological polar surface area (TPSA) is 76.3 Å². The zero-order valence-electron chi connectivity index (χ0n) is 21.2. The summed E-state index contributed by atoms with van der Waals surface area (Å²) >= 11 is 1.23. The number of nitrogens with zero attached hydrogens (tertiary/aromatic N) is 3. The number of alkyl halides is 3. The molecule has 0 bridgehead atoms. The maximum Gasteiger partial charge on any atom is 0.416 e. The van der Waals surface area contributed by atoms with Crippen LogP contribution >= 0.6 is 11.3 Å². The Balaban J connectivity index is 1.31. The zero-order valence-corrected chi connectivity index (χ0v) is 22.0. The second-order valence-electron chi connectivity index (χ2n) is 9.02. The van der Waals surface area contributed by atoms with Crippen molar-refractivity contribution in [3.63, 3.8) is 0 Å². The fourth-order valence-corrected chi connectivity index (χ4v) is 5.56. The van der Waals surface area contributed by atoms with E-state index in [0.717, 1.165) is 55.0 Å². The van der Waals surface area contributed by atoms with Gasteiger partial charge in [0.05, 0.1) is 37.5 Å². The van der Waals surface area contributed by atoms with Crippen molar-refractivity contribution in [2.24, 2.45) is 4.99 Å². The van der Waals surface area contributed by atoms with Crippen LogP contribution in [-0.4, -0.2) is 57.7 Å². The molecule has 39 heavy (non-hydrogen) atoms. The molecule has 0 amide bonds. The molecule has 1 atom stereocenters. The van der Waals surface area contributed by atoms with Gasteiger partial charge in [0.1, 0.15) is 29.9 Å². The van der Waals surface area contributed by atoms with E-state index in [0.29, 0.717) is 18.1 Å². The SMILES string of the molecule is COc1cc2c(cc1OCCN1CCOCC1)N=C[C@H]2c1cc(OCc2ccccc2C(F)(F)F)c(C#N)s1. The molecule has 1 saturated heterocycles. The van der Waals surface area contributed by atoms with Gasteiger partial charge in [0, 0.05) is 42.4 Å². The molecule has 1 fully saturated rings. The third-order valence-electron chi connectivity index (χ3n) is 6.61. The molecule has 3 heterocycles. The van der Waals surface area contributed by atoms with Crippen LogP contribution in [0.15, 0.2) is 47.5 Å². The Morgan fingerprint density at radius 2 is 1.90 bits per heavy atom. The fraction of sp³-hybridized carbons (Fsp3) is 0.357. The monoisotopic (exact) mass is 557 g/mol. The van der Waals surface area contributed by atoms with Crippen molar-refractivity contribution in [3.8, 4) is 23.3 Å². The standard InChI is InChI=1S/C28H26F3N3O4S/c1-35-23-12-19-20(16-33-22(19)13-24(23)37-11-8-34-6-9-36-10-7-34)26-14-25(27(15-32)39-26)38-17-18-4-2-3-5-21(18)28(29,30)31/h2-5,12-14,16,20H,6-11,17H2,1H3/t20-/m1/s1. The zero-order chi connectivity index (χ0) is 27.4. The molecule has 0 aliphatic carbocycles. The molecule has 0 unspecified atom stereocenters. The van der Waals surface area contributed by atoms with Crippen molar-refractivity contribution in [2.75, 3.05) is 46.6 Å². The number of fused-ring (bicyclic) bond motifs is 1. The van der Waals surface area contributed by atoms with Gasteiger partial charge in [-0.05, 0) is 23.8 Å². The Bertz CT molecular complexity index is 1390. The van der Waals surface area contributed by atoms with Crippen LogP contribution < -0.4 is 14.2 Å². The highest BCUT2D eigenvalue weighted by molar-refractivity contribution is 7.13. The minimum Gasteiger partial charge on any atom is -0.493 e. The highest BCUT2D eigenvalue weighted by Gasteiger charge is 2.33. The average molecular weight is 558 g/mol. The maximum atomic E-state index is 13.4. The Morgan fingerprint density at radius 3 is 2.64 bits per heavy atom. The second-order valence-corrected chi connectivity index (χ2v) is 10.1. The molecule has 0 saturated carbocycles. The number of benzene rings is 2. The summed E-state index contributed by atoms with van der Waals surface area (Å²) in [7, 11) is 1.57. The number of thiophene rings is 1. The van der Waals surface area contributed by atoms with Gasteiger partial charge in [-0.3, -0.25) is 9.89 Å². The van der Waals surface area contributed by atoms with Crippen LogP contribution in [0, 0.1) is 11.3 Å². The summed E-state index contributed by atoms with van der Waals surface area (Å²) in [6.45, 7) is 4.17. The van der Waals surface area contributed by atoms with Crippen molar-refractivity contribution in [1.82, 2.24) is 4.90 Å². The van der Waals surface area contributed by atoms with Gasteiger partial charge >= 0.3 is 6.18 Å². The number of hydrogen-bond donors (Lipinski definition) is 0. The Morgan fingerprint density at radius 1 is 1.10 bits per heavy atom.